The Labute approximate surface area is 183 Å². The summed E-state index contributed by atoms with van der Waals surface area (Å²) in [4.78, 5) is 13.9. The maximum absolute atomic E-state index is 12.8. The largest absolute Gasteiger partial charge is 0.464 e. The molecular formula is C17H25BBr2N2O5S. The number of carbonyl (C=O) groups is 1. The van der Waals surface area contributed by atoms with Crippen molar-refractivity contribution in [1.82, 2.24) is 9.53 Å². The highest BCUT2D eigenvalue weighted by molar-refractivity contribution is 9.11. The fraction of sp³-hybridized carbons (Fsp3) is 0.588. The van der Waals surface area contributed by atoms with E-state index in [0.717, 1.165) is 0 Å². The lowest BCUT2D eigenvalue weighted by atomic mass is 9.84. The molecule has 0 aliphatic carbocycles. The van der Waals surface area contributed by atoms with Gasteiger partial charge in [-0.1, -0.05) is 15.9 Å². The van der Waals surface area contributed by atoms with Gasteiger partial charge in [0.05, 0.1) is 10.3 Å². The summed E-state index contributed by atoms with van der Waals surface area (Å²) in [5.74, 6) is -0.333. The van der Waals surface area contributed by atoms with Gasteiger partial charge in [0.25, 0.3) is 0 Å². The van der Waals surface area contributed by atoms with Crippen LogP contribution in [0, 0.1) is 5.41 Å². The average Bonchev–Trinajstić information content (AvgIpc) is 2.96. The summed E-state index contributed by atoms with van der Waals surface area (Å²) >= 11 is 6.56. The molecule has 1 aromatic carbocycles. The zero-order valence-electron chi connectivity index (χ0n) is 16.3. The third-order valence-electron chi connectivity index (χ3n) is 4.46. The van der Waals surface area contributed by atoms with Gasteiger partial charge in [0, 0.05) is 27.6 Å². The minimum atomic E-state index is -3.77. The Balaban J connectivity index is 2.11. The third-order valence-corrected chi connectivity index (χ3v) is 7.47. The molecular weight excluding hydrogens is 515 g/mol. The lowest BCUT2D eigenvalue weighted by Gasteiger charge is -2.26. The topological polar surface area (TPSA) is 95.9 Å². The number of ether oxygens (including phenoxy) is 1. The molecule has 7 nitrogen and oxygen atoms in total. The van der Waals surface area contributed by atoms with Crippen molar-refractivity contribution in [2.45, 2.75) is 51.0 Å². The molecule has 0 bridgehead atoms. The van der Waals surface area contributed by atoms with Crippen LogP contribution in [0.15, 0.2) is 32.0 Å². The van der Waals surface area contributed by atoms with Crippen LogP contribution < -0.4 is 4.72 Å². The first-order valence-electron chi connectivity index (χ1n) is 8.89. The first-order chi connectivity index (χ1) is 12.8. The van der Waals surface area contributed by atoms with Crippen molar-refractivity contribution >= 4 is 54.9 Å². The summed E-state index contributed by atoms with van der Waals surface area (Å²) < 4.78 is 34.8. The predicted octanol–water partition coefficient (Wildman–Crippen LogP) is 2.63. The van der Waals surface area contributed by atoms with Gasteiger partial charge in [-0.2, -0.15) is 0 Å². The highest BCUT2D eigenvalue weighted by Crippen LogP contribution is 2.28. The van der Waals surface area contributed by atoms with Crippen molar-refractivity contribution in [2.24, 2.45) is 5.41 Å². The highest BCUT2D eigenvalue weighted by Gasteiger charge is 2.39. The fourth-order valence-electron chi connectivity index (χ4n) is 3.00. The Morgan fingerprint density at radius 3 is 2.61 bits per heavy atom. The molecule has 0 spiro atoms. The number of rotatable bonds is 6. The van der Waals surface area contributed by atoms with E-state index in [1.165, 1.54) is 6.07 Å². The standard InChI is InChI=1S/C17H25BBr2N2O5S/c1-17(2,3)16(23)27-10-13-8-12(9-22(13)18(4)24)21-28(25,26)15-7-11(19)5-6-14(15)20/h5-7,12-13,21,24H,8-10H2,1-4H3/t12-,13-/m1/s1. The molecule has 1 heterocycles. The second-order valence-corrected chi connectivity index (χ2v) is 11.4. The van der Waals surface area contributed by atoms with Gasteiger partial charge in [0.2, 0.25) is 10.0 Å². The molecule has 0 unspecified atom stereocenters. The third kappa shape index (κ3) is 6.02. The first kappa shape index (κ1) is 23.8. The molecule has 0 saturated carbocycles. The molecule has 2 atom stereocenters. The minimum Gasteiger partial charge on any atom is -0.464 e. The van der Waals surface area contributed by atoms with Crippen molar-refractivity contribution in [3.63, 3.8) is 0 Å². The van der Waals surface area contributed by atoms with Gasteiger partial charge in [-0.15, -0.1) is 0 Å². The van der Waals surface area contributed by atoms with E-state index in [1.54, 1.807) is 44.5 Å². The zero-order valence-corrected chi connectivity index (χ0v) is 20.3. The maximum Gasteiger partial charge on any atom is 0.376 e. The first-order valence-corrected chi connectivity index (χ1v) is 12.0. The van der Waals surface area contributed by atoms with Crippen molar-refractivity contribution in [2.75, 3.05) is 13.2 Å². The van der Waals surface area contributed by atoms with Gasteiger partial charge in [-0.3, -0.25) is 4.79 Å². The number of hydrogen-bond donors (Lipinski definition) is 2. The molecule has 1 aliphatic heterocycles. The molecule has 28 heavy (non-hydrogen) atoms. The van der Waals surface area contributed by atoms with Crippen LogP contribution in [0.5, 0.6) is 0 Å². The molecule has 2 rings (SSSR count). The van der Waals surface area contributed by atoms with Crippen LogP contribution in [0.1, 0.15) is 27.2 Å². The van der Waals surface area contributed by atoms with Gasteiger partial charge in [0.1, 0.15) is 6.61 Å². The Hall–Kier alpha value is -0.455. The highest BCUT2D eigenvalue weighted by atomic mass is 79.9. The van der Waals surface area contributed by atoms with E-state index in [4.69, 9.17) is 4.74 Å². The average molecular weight is 540 g/mol. The normalized spacial score (nSPS) is 21.0. The van der Waals surface area contributed by atoms with E-state index in [9.17, 15) is 18.2 Å². The van der Waals surface area contributed by atoms with Gasteiger partial charge < -0.3 is 14.6 Å². The molecule has 1 fully saturated rings. The van der Waals surface area contributed by atoms with Crippen molar-refractivity contribution in [1.29, 1.82) is 0 Å². The van der Waals surface area contributed by atoms with Crippen LogP contribution in [0.2, 0.25) is 6.82 Å². The van der Waals surface area contributed by atoms with Gasteiger partial charge in [-0.05, 0) is 68.1 Å². The van der Waals surface area contributed by atoms with Crippen molar-refractivity contribution in [3.8, 4) is 0 Å². The molecule has 1 aromatic rings. The number of benzene rings is 1. The van der Waals surface area contributed by atoms with Gasteiger partial charge >= 0.3 is 13.0 Å². The van der Waals surface area contributed by atoms with Crippen LogP contribution in [-0.4, -0.2) is 56.5 Å². The Bertz CT molecular complexity index is 829. The Kier molecular flexibility index (Phi) is 7.77. The molecule has 2 N–H and O–H groups in total. The number of nitrogens with zero attached hydrogens (tertiary/aromatic N) is 1. The number of nitrogens with one attached hydrogen (secondary N) is 1. The zero-order chi connectivity index (χ0) is 21.3. The quantitative estimate of drug-likeness (QED) is 0.426. The number of carbonyl (C=O) groups excluding carboxylic acids is 1. The lowest BCUT2D eigenvalue weighted by Crippen LogP contribution is -2.45. The van der Waals surface area contributed by atoms with Crippen LogP contribution >= 0.6 is 31.9 Å². The van der Waals surface area contributed by atoms with Crippen LogP contribution in [0.4, 0.5) is 0 Å². The molecule has 0 radical (unpaired) electrons. The number of sulfonamides is 1. The van der Waals surface area contributed by atoms with E-state index in [-0.39, 0.29) is 23.5 Å². The van der Waals surface area contributed by atoms with E-state index < -0.39 is 28.5 Å². The summed E-state index contributed by atoms with van der Waals surface area (Å²) in [6, 6.07) is 4.24. The van der Waals surface area contributed by atoms with E-state index in [2.05, 4.69) is 36.6 Å². The van der Waals surface area contributed by atoms with Crippen molar-refractivity contribution < 1.29 is 23.0 Å². The Morgan fingerprint density at radius 1 is 1.39 bits per heavy atom. The summed E-state index contributed by atoms with van der Waals surface area (Å²) in [5, 5.41) is 10.1. The van der Waals surface area contributed by atoms with E-state index >= 15 is 0 Å². The molecule has 11 heteroatoms. The molecule has 156 valence electrons. The number of halogens is 2. The molecule has 1 saturated heterocycles. The second-order valence-electron chi connectivity index (χ2n) is 7.96. The lowest BCUT2D eigenvalue weighted by molar-refractivity contribution is -0.154. The summed E-state index contributed by atoms with van der Waals surface area (Å²) in [6.07, 6.45) is 0.424. The molecule has 0 amide bonds. The van der Waals surface area contributed by atoms with Crippen LogP contribution in [-0.2, 0) is 19.6 Å². The maximum atomic E-state index is 12.8. The SMILES string of the molecule is CB(O)N1C[C@H](NS(=O)(=O)c2cc(Br)ccc2Br)C[C@@H]1COC(=O)C(C)(C)C. The summed E-state index contributed by atoms with van der Waals surface area (Å²) in [6.45, 7) is 7.33. The minimum absolute atomic E-state index is 0.0970. The van der Waals surface area contributed by atoms with Crippen molar-refractivity contribution in [3.05, 3.63) is 27.1 Å². The Morgan fingerprint density at radius 2 is 2.04 bits per heavy atom. The van der Waals surface area contributed by atoms with E-state index in [0.29, 0.717) is 21.9 Å². The summed E-state index contributed by atoms with van der Waals surface area (Å²) in [5.41, 5.74) is -0.623. The smallest absolute Gasteiger partial charge is 0.376 e. The summed E-state index contributed by atoms with van der Waals surface area (Å²) in [7, 11) is -4.55. The predicted molar refractivity (Wildman–Crippen MR) is 115 cm³/mol. The van der Waals surface area contributed by atoms with Gasteiger partial charge in [-0.25, -0.2) is 13.1 Å². The van der Waals surface area contributed by atoms with Gasteiger partial charge in [0.15, 0.2) is 0 Å². The van der Waals surface area contributed by atoms with Crippen LogP contribution in [0.25, 0.3) is 0 Å². The second kappa shape index (κ2) is 9.14. The molecule has 0 aromatic heterocycles. The number of hydrogen-bond acceptors (Lipinski definition) is 6. The van der Waals surface area contributed by atoms with E-state index in [1.807, 2.05) is 0 Å². The van der Waals surface area contributed by atoms with Crippen LogP contribution in [0.3, 0.4) is 0 Å². The molecule has 1 aliphatic rings. The number of esters is 1. The monoisotopic (exact) mass is 538 g/mol. The fourth-order valence-corrected chi connectivity index (χ4v) is 5.75.